The standard InChI is InChI=1S/C17H32N2O/c1-15(2)13-18-10-7-5-6-8-11-19(4)14-17-9-12-20-16(17)3/h9,12,15,18H,5-8,10-11,13-14H2,1-4H3. The molecule has 1 heterocycles. The van der Waals surface area contributed by atoms with Gasteiger partial charge in [0.05, 0.1) is 6.26 Å². The molecular weight excluding hydrogens is 248 g/mol. The molecular formula is C17H32N2O. The fourth-order valence-corrected chi connectivity index (χ4v) is 2.32. The number of aryl methyl sites for hydroxylation is 1. The highest BCUT2D eigenvalue weighted by Crippen LogP contribution is 2.11. The number of rotatable bonds is 11. The van der Waals surface area contributed by atoms with Crippen LogP contribution in [-0.2, 0) is 6.54 Å². The summed E-state index contributed by atoms with van der Waals surface area (Å²) in [4.78, 5) is 2.38. The average molecular weight is 280 g/mol. The van der Waals surface area contributed by atoms with E-state index in [2.05, 4.69) is 37.2 Å². The van der Waals surface area contributed by atoms with E-state index in [9.17, 15) is 0 Å². The second kappa shape index (κ2) is 10.0. The second-order valence-electron chi connectivity index (χ2n) is 6.25. The lowest BCUT2D eigenvalue weighted by molar-refractivity contribution is 0.314. The molecule has 3 heteroatoms. The highest BCUT2D eigenvalue weighted by molar-refractivity contribution is 5.14. The van der Waals surface area contributed by atoms with Gasteiger partial charge in [-0.25, -0.2) is 0 Å². The minimum absolute atomic E-state index is 0.759. The zero-order chi connectivity index (χ0) is 14.8. The summed E-state index contributed by atoms with van der Waals surface area (Å²) in [5.74, 6) is 1.81. The average Bonchev–Trinajstić information content (AvgIpc) is 2.78. The summed E-state index contributed by atoms with van der Waals surface area (Å²) in [6, 6.07) is 2.08. The SMILES string of the molecule is Cc1occc1CN(C)CCCCCCNCC(C)C. The minimum atomic E-state index is 0.759. The molecule has 0 atom stereocenters. The van der Waals surface area contributed by atoms with Gasteiger partial charge in [0.1, 0.15) is 5.76 Å². The van der Waals surface area contributed by atoms with Crippen LogP contribution in [0.5, 0.6) is 0 Å². The highest BCUT2D eigenvalue weighted by atomic mass is 16.3. The molecule has 0 amide bonds. The fraction of sp³-hybridized carbons (Fsp3) is 0.765. The molecule has 0 bridgehead atoms. The molecule has 0 radical (unpaired) electrons. The van der Waals surface area contributed by atoms with E-state index in [1.807, 2.05) is 6.92 Å². The van der Waals surface area contributed by atoms with E-state index in [-0.39, 0.29) is 0 Å². The van der Waals surface area contributed by atoms with Crippen LogP contribution in [-0.4, -0.2) is 31.6 Å². The third-order valence-corrected chi connectivity index (χ3v) is 3.60. The molecule has 0 fully saturated rings. The van der Waals surface area contributed by atoms with Crippen LogP contribution in [0.15, 0.2) is 16.7 Å². The lowest BCUT2D eigenvalue weighted by atomic mass is 10.1. The van der Waals surface area contributed by atoms with Gasteiger partial charge in [0.15, 0.2) is 0 Å². The predicted molar refractivity (Wildman–Crippen MR) is 86.0 cm³/mol. The van der Waals surface area contributed by atoms with Crippen LogP contribution in [0, 0.1) is 12.8 Å². The van der Waals surface area contributed by atoms with E-state index < -0.39 is 0 Å². The highest BCUT2D eigenvalue weighted by Gasteiger charge is 2.04. The molecule has 116 valence electrons. The van der Waals surface area contributed by atoms with Crippen molar-refractivity contribution in [1.29, 1.82) is 0 Å². The lowest BCUT2D eigenvalue weighted by Gasteiger charge is -2.16. The van der Waals surface area contributed by atoms with Crippen molar-refractivity contribution in [1.82, 2.24) is 10.2 Å². The quantitative estimate of drug-likeness (QED) is 0.625. The predicted octanol–water partition coefficient (Wildman–Crippen LogP) is 3.83. The topological polar surface area (TPSA) is 28.4 Å². The van der Waals surface area contributed by atoms with Crippen LogP contribution in [0.3, 0.4) is 0 Å². The van der Waals surface area contributed by atoms with Crippen molar-refractivity contribution in [3.8, 4) is 0 Å². The lowest BCUT2D eigenvalue weighted by Crippen LogP contribution is -2.21. The van der Waals surface area contributed by atoms with Crippen LogP contribution in [0.2, 0.25) is 0 Å². The Balaban J connectivity index is 1.94. The zero-order valence-electron chi connectivity index (χ0n) is 13.7. The van der Waals surface area contributed by atoms with Crippen molar-refractivity contribution in [2.24, 2.45) is 5.92 Å². The largest absolute Gasteiger partial charge is 0.469 e. The molecule has 0 aromatic carbocycles. The van der Waals surface area contributed by atoms with E-state index >= 15 is 0 Å². The summed E-state index contributed by atoms with van der Waals surface area (Å²) in [5.41, 5.74) is 1.31. The Hall–Kier alpha value is -0.800. The molecule has 1 rings (SSSR count). The summed E-state index contributed by atoms with van der Waals surface area (Å²) < 4.78 is 5.33. The van der Waals surface area contributed by atoms with Gasteiger partial charge >= 0.3 is 0 Å². The van der Waals surface area contributed by atoms with E-state index in [1.54, 1.807) is 6.26 Å². The van der Waals surface area contributed by atoms with Crippen LogP contribution < -0.4 is 5.32 Å². The summed E-state index contributed by atoms with van der Waals surface area (Å²) in [7, 11) is 2.19. The molecule has 1 aromatic heterocycles. The minimum Gasteiger partial charge on any atom is -0.469 e. The fourth-order valence-electron chi connectivity index (χ4n) is 2.32. The van der Waals surface area contributed by atoms with Crippen molar-refractivity contribution in [3.05, 3.63) is 23.7 Å². The van der Waals surface area contributed by atoms with Crippen molar-refractivity contribution >= 4 is 0 Å². The third kappa shape index (κ3) is 7.71. The van der Waals surface area contributed by atoms with Gasteiger partial charge < -0.3 is 14.6 Å². The third-order valence-electron chi connectivity index (χ3n) is 3.60. The van der Waals surface area contributed by atoms with Gasteiger partial charge in [0, 0.05) is 12.1 Å². The summed E-state index contributed by atoms with van der Waals surface area (Å²) in [5, 5.41) is 3.50. The molecule has 0 unspecified atom stereocenters. The maximum atomic E-state index is 5.33. The van der Waals surface area contributed by atoms with Gasteiger partial charge in [-0.3, -0.25) is 0 Å². The molecule has 0 aliphatic heterocycles. The number of hydrogen-bond acceptors (Lipinski definition) is 3. The number of nitrogens with zero attached hydrogens (tertiary/aromatic N) is 1. The van der Waals surface area contributed by atoms with Crippen LogP contribution >= 0.6 is 0 Å². The van der Waals surface area contributed by atoms with Crippen molar-refractivity contribution < 1.29 is 4.42 Å². The van der Waals surface area contributed by atoms with Gasteiger partial charge in [-0.2, -0.15) is 0 Å². The molecule has 1 aromatic rings. The van der Waals surface area contributed by atoms with Crippen LogP contribution in [0.25, 0.3) is 0 Å². The first-order chi connectivity index (χ1) is 9.59. The monoisotopic (exact) mass is 280 g/mol. The maximum Gasteiger partial charge on any atom is 0.105 e. The Morgan fingerprint density at radius 2 is 1.95 bits per heavy atom. The number of nitrogens with one attached hydrogen (secondary N) is 1. The number of hydrogen-bond donors (Lipinski definition) is 1. The molecule has 1 N–H and O–H groups in total. The smallest absolute Gasteiger partial charge is 0.105 e. The summed E-state index contributed by atoms with van der Waals surface area (Å²) >= 11 is 0. The Kier molecular flexibility index (Phi) is 8.63. The molecule has 20 heavy (non-hydrogen) atoms. The van der Waals surface area contributed by atoms with Crippen molar-refractivity contribution in [3.63, 3.8) is 0 Å². The normalized spacial score (nSPS) is 11.7. The first-order valence-corrected chi connectivity index (χ1v) is 8.02. The van der Waals surface area contributed by atoms with Gasteiger partial charge in [-0.1, -0.05) is 26.7 Å². The molecule has 0 aliphatic rings. The first kappa shape index (κ1) is 17.3. The van der Waals surface area contributed by atoms with Crippen molar-refractivity contribution in [2.45, 2.75) is 53.0 Å². The molecule has 0 spiro atoms. The van der Waals surface area contributed by atoms with E-state index in [1.165, 1.54) is 44.3 Å². The Labute approximate surface area is 124 Å². The van der Waals surface area contributed by atoms with Gasteiger partial charge in [-0.15, -0.1) is 0 Å². The van der Waals surface area contributed by atoms with Crippen LogP contribution in [0.4, 0.5) is 0 Å². The van der Waals surface area contributed by atoms with E-state index in [4.69, 9.17) is 4.42 Å². The number of furan rings is 1. The molecule has 3 nitrogen and oxygen atoms in total. The Bertz CT molecular complexity index is 347. The summed E-state index contributed by atoms with van der Waals surface area (Å²) in [6.45, 7) is 11.0. The van der Waals surface area contributed by atoms with E-state index in [0.29, 0.717) is 0 Å². The maximum absolute atomic E-state index is 5.33. The molecule has 0 aliphatic carbocycles. The Morgan fingerprint density at radius 1 is 1.20 bits per heavy atom. The van der Waals surface area contributed by atoms with Gasteiger partial charge in [0.2, 0.25) is 0 Å². The zero-order valence-corrected chi connectivity index (χ0v) is 13.7. The van der Waals surface area contributed by atoms with E-state index in [0.717, 1.165) is 24.8 Å². The summed E-state index contributed by atoms with van der Waals surface area (Å²) in [6.07, 6.45) is 7.04. The first-order valence-electron chi connectivity index (χ1n) is 8.02. The van der Waals surface area contributed by atoms with Crippen molar-refractivity contribution in [2.75, 3.05) is 26.7 Å². The Morgan fingerprint density at radius 3 is 2.60 bits per heavy atom. The number of unbranched alkanes of at least 4 members (excludes halogenated alkanes) is 3. The second-order valence-corrected chi connectivity index (χ2v) is 6.25. The van der Waals surface area contributed by atoms with Crippen LogP contribution in [0.1, 0.15) is 50.9 Å². The van der Waals surface area contributed by atoms with Gasteiger partial charge in [-0.05, 0) is 58.4 Å². The van der Waals surface area contributed by atoms with Gasteiger partial charge in [0.25, 0.3) is 0 Å². The molecule has 0 saturated carbocycles. The molecule has 0 saturated heterocycles.